The van der Waals surface area contributed by atoms with Crippen molar-refractivity contribution in [2.75, 3.05) is 39.4 Å². The summed E-state index contributed by atoms with van der Waals surface area (Å²) in [6.07, 6.45) is 4.55. The normalized spacial score (nSPS) is 24.1. The fourth-order valence-electron chi connectivity index (χ4n) is 3.20. The number of piperidine rings is 1. The maximum atomic E-state index is 12.1. The Morgan fingerprint density at radius 2 is 2.13 bits per heavy atom. The lowest BCUT2D eigenvalue weighted by molar-refractivity contribution is -0.134. The van der Waals surface area contributed by atoms with Gasteiger partial charge in [0, 0.05) is 26.2 Å². The second-order valence-electron chi connectivity index (χ2n) is 6.19. The minimum atomic E-state index is -0.0208. The van der Waals surface area contributed by atoms with Gasteiger partial charge in [-0.15, -0.1) is 12.4 Å². The highest BCUT2D eigenvalue weighted by Crippen LogP contribution is 2.17. The van der Waals surface area contributed by atoms with Crippen LogP contribution in [0.2, 0.25) is 0 Å². The van der Waals surface area contributed by atoms with Crippen LogP contribution in [0, 0.1) is 5.92 Å². The molecule has 0 saturated carbocycles. The molecule has 7 heteroatoms. The van der Waals surface area contributed by atoms with E-state index < -0.39 is 0 Å². The summed E-state index contributed by atoms with van der Waals surface area (Å²) in [6.45, 7) is 6.28. The topological polar surface area (TPSA) is 70.7 Å². The number of ether oxygens (including phenoxy) is 1. The molecule has 0 aromatic carbocycles. The summed E-state index contributed by atoms with van der Waals surface area (Å²) in [5.74, 6) is 0.648. The molecule has 0 spiro atoms. The Hall–Kier alpha value is -0.850. The molecule has 0 aromatic heterocycles. The monoisotopic (exact) mass is 347 g/mol. The Kier molecular flexibility index (Phi) is 9.52. The summed E-state index contributed by atoms with van der Waals surface area (Å²) >= 11 is 0. The predicted octanol–water partition coefficient (Wildman–Crippen LogP) is 0.942. The summed E-state index contributed by atoms with van der Waals surface area (Å²) in [5, 5.41) is 6.25. The van der Waals surface area contributed by atoms with E-state index in [0.29, 0.717) is 32.1 Å². The Morgan fingerprint density at radius 1 is 1.30 bits per heavy atom. The highest BCUT2D eigenvalue weighted by Gasteiger charge is 2.26. The van der Waals surface area contributed by atoms with Crippen molar-refractivity contribution in [2.24, 2.45) is 5.92 Å². The zero-order valence-corrected chi connectivity index (χ0v) is 14.8. The van der Waals surface area contributed by atoms with Gasteiger partial charge in [0.2, 0.25) is 11.8 Å². The van der Waals surface area contributed by atoms with Gasteiger partial charge in [0.1, 0.15) is 0 Å². The van der Waals surface area contributed by atoms with Crippen molar-refractivity contribution < 1.29 is 14.3 Å². The molecule has 2 unspecified atom stereocenters. The van der Waals surface area contributed by atoms with Crippen LogP contribution in [-0.4, -0.2) is 62.1 Å². The van der Waals surface area contributed by atoms with Crippen molar-refractivity contribution in [1.82, 2.24) is 15.5 Å². The molecule has 2 aliphatic heterocycles. The van der Waals surface area contributed by atoms with E-state index in [0.717, 1.165) is 45.3 Å². The van der Waals surface area contributed by atoms with Crippen LogP contribution >= 0.6 is 12.4 Å². The number of carbonyl (C=O) groups is 2. The van der Waals surface area contributed by atoms with Crippen molar-refractivity contribution in [3.63, 3.8) is 0 Å². The van der Waals surface area contributed by atoms with E-state index in [1.165, 1.54) is 0 Å². The molecule has 2 saturated heterocycles. The molecule has 23 heavy (non-hydrogen) atoms. The predicted molar refractivity (Wildman–Crippen MR) is 91.7 cm³/mol. The molecule has 6 nitrogen and oxygen atoms in total. The van der Waals surface area contributed by atoms with E-state index in [1.807, 2.05) is 11.8 Å². The molecule has 2 fully saturated rings. The van der Waals surface area contributed by atoms with Gasteiger partial charge in [0.15, 0.2) is 0 Å². The van der Waals surface area contributed by atoms with Crippen LogP contribution in [-0.2, 0) is 14.3 Å². The first kappa shape index (κ1) is 20.2. The van der Waals surface area contributed by atoms with Gasteiger partial charge in [-0.3, -0.25) is 9.59 Å². The van der Waals surface area contributed by atoms with Gasteiger partial charge in [0.05, 0.1) is 19.1 Å². The van der Waals surface area contributed by atoms with Crippen LogP contribution in [0.3, 0.4) is 0 Å². The molecule has 2 aliphatic rings. The average molecular weight is 348 g/mol. The van der Waals surface area contributed by atoms with Crippen molar-refractivity contribution in [1.29, 1.82) is 0 Å². The van der Waals surface area contributed by atoms with Crippen LogP contribution in [0.25, 0.3) is 0 Å². The summed E-state index contributed by atoms with van der Waals surface area (Å²) < 4.78 is 5.25. The van der Waals surface area contributed by atoms with E-state index in [1.54, 1.807) is 0 Å². The number of halogens is 1. The summed E-state index contributed by atoms with van der Waals surface area (Å²) in [4.78, 5) is 26.0. The average Bonchev–Trinajstić information content (AvgIpc) is 3.07. The van der Waals surface area contributed by atoms with Crippen LogP contribution in [0.5, 0.6) is 0 Å². The SMILES string of the molecule is CCOCCC(=O)N1CCCC(CNC(=O)C2CCCN2)C1.Cl. The second-order valence-corrected chi connectivity index (χ2v) is 6.19. The zero-order valence-electron chi connectivity index (χ0n) is 14.0. The Balaban J connectivity index is 0.00000264. The fourth-order valence-corrected chi connectivity index (χ4v) is 3.20. The lowest BCUT2D eigenvalue weighted by atomic mass is 9.97. The van der Waals surface area contributed by atoms with Crippen LogP contribution < -0.4 is 10.6 Å². The zero-order chi connectivity index (χ0) is 15.8. The Morgan fingerprint density at radius 3 is 2.83 bits per heavy atom. The van der Waals surface area contributed by atoms with Crippen molar-refractivity contribution in [2.45, 2.75) is 45.1 Å². The number of hydrogen-bond donors (Lipinski definition) is 2. The first-order chi connectivity index (χ1) is 10.7. The quantitative estimate of drug-likeness (QED) is 0.672. The maximum absolute atomic E-state index is 12.1. The lowest BCUT2D eigenvalue weighted by Gasteiger charge is -2.33. The molecule has 0 aliphatic carbocycles. The van der Waals surface area contributed by atoms with Gasteiger partial charge in [-0.2, -0.15) is 0 Å². The summed E-state index contributed by atoms with van der Waals surface area (Å²) in [5.41, 5.74) is 0. The molecule has 2 atom stereocenters. The first-order valence-corrected chi connectivity index (χ1v) is 8.57. The molecule has 2 N–H and O–H groups in total. The number of likely N-dealkylation sites (tertiary alicyclic amines) is 1. The maximum Gasteiger partial charge on any atom is 0.237 e. The molecule has 0 bridgehead atoms. The van der Waals surface area contributed by atoms with Gasteiger partial charge < -0.3 is 20.3 Å². The fraction of sp³-hybridized carbons (Fsp3) is 0.875. The number of hydrogen-bond acceptors (Lipinski definition) is 4. The molecule has 0 radical (unpaired) electrons. The van der Waals surface area contributed by atoms with Crippen LogP contribution in [0.15, 0.2) is 0 Å². The summed E-state index contributed by atoms with van der Waals surface area (Å²) in [7, 11) is 0. The number of rotatable bonds is 7. The van der Waals surface area contributed by atoms with E-state index in [-0.39, 0.29) is 30.3 Å². The van der Waals surface area contributed by atoms with E-state index in [2.05, 4.69) is 10.6 Å². The smallest absolute Gasteiger partial charge is 0.237 e. The van der Waals surface area contributed by atoms with E-state index >= 15 is 0 Å². The number of nitrogens with zero attached hydrogens (tertiary/aromatic N) is 1. The highest BCUT2D eigenvalue weighted by atomic mass is 35.5. The minimum absolute atomic E-state index is 0. The van der Waals surface area contributed by atoms with Crippen LogP contribution in [0.4, 0.5) is 0 Å². The largest absolute Gasteiger partial charge is 0.381 e. The Labute approximate surface area is 145 Å². The highest BCUT2D eigenvalue weighted by molar-refractivity contribution is 5.85. The third-order valence-corrected chi connectivity index (χ3v) is 4.48. The molecule has 2 heterocycles. The number of nitrogens with one attached hydrogen (secondary N) is 2. The second kappa shape index (κ2) is 10.8. The van der Waals surface area contributed by atoms with Crippen molar-refractivity contribution >= 4 is 24.2 Å². The molecule has 134 valence electrons. The number of amides is 2. The lowest BCUT2D eigenvalue weighted by Crippen LogP contribution is -2.46. The molecule has 2 amide bonds. The molecular weight excluding hydrogens is 318 g/mol. The standard InChI is InChI=1S/C16H29N3O3.ClH/c1-2-22-10-7-15(20)19-9-4-5-13(12-19)11-18-16(21)14-6-3-8-17-14;/h13-14,17H,2-12H2,1H3,(H,18,21);1H. The molecular formula is C16H30ClN3O3. The third-order valence-electron chi connectivity index (χ3n) is 4.48. The van der Waals surface area contributed by atoms with Gasteiger partial charge in [-0.1, -0.05) is 0 Å². The third kappa shape index (κ3) is 6.65. The van der Waals surface area contributed by atoms with Gasteiger partial charge >= 0.3 is 0 Å². The van der Waals surface area contributed by atoms with Crippen molar-refractivity contribution in [3.8, 4) is 0 Å². The first-order valence-electron chi connectivity index (χ1n) is 8.57. The molecule has 0 aromatic rings. The van der Waals surface area contributed by atoms with E-state index in [9.17, 15) is 9.59 Å². The van der Waals surface area contributed by atoms with Crippen LogP contribution in [0.1, 0.15) is 39.0 Å². The van der Waals surface area contributed by atoms with Gasteiger partial charge in [-0.05, 0) is 45.1 Å². The number of carbonyl (C=O) groups excluding carboxylic acids is 2. The van der Waals surface area contributed by atoms with E-state index in [4.69, 9.17) is 4.74 Å². The van der Waals surface area contributed by atoms with Gasteiger partial charge in [-0.25, -0.2) is 0 Å². The van der Waals surface area contributed by atoms with Gasteiger partial charge in [0.25, 0.3) is 0 Å². The van der Waals surface area contributed by atoms with Crippen molar-refractivity contribution in [3.05, 3.63) is 0 Å². The molecule has 2 rings (SSSR count). The summed E-state index contributed by atoms with van der Waals surface area (Å²) in [6, 6.07) is -0.0208. The Bertz CT molecular complexity index is 376. The minimum Gasteiger partial charge on any atom is -0.381 e.